The maximum atomic E-state index is 14.7. The maximum absolute atomic E-state index is 14.7. The summed E-state index contributed by atoms with van der Waals surface area (Å²) in [5, 5.41) is 0.216. The monoisotopic (exact) mass is 432 g/mol. The molecule has 1 unspecified atom stereocenters. The van der Waals surface area contributed by atoms with Gasteiger partial charge in [-0.3, -0.25) is 0 Å². The summed E-state index contributed by atoms with van der Waals surface area (Å²) in [5.74, 6) is -0.120. The fourth-order valence-electron chi connectivity index (χ4n) is 3.43. The first-order chi connectivity index (χ1) is 13.3. The van der Waals surface area contributed by atoms with E-state index in [1.807, 2.05) is 13.8 Å². The number of aromatic nitrogens is 1. The van der Waals surface area contributed by atoms with Gasteiger partial charge in [0.1, 0.15) is 10.6 Å². The van der Waals surface area contributed by atoms with Crippen molar-refractivity contribution in [2.45, 2.75) is 76.9 Å². The molecule has 1 saturated carbocycles. The number of rotatable bonds is 6. The first-order valence-electron chi connectivity index (χ1n) is 9.86. The minimum absolute atomic E-state index is 0.0907. The van der Waals surface area contributed by atoms with Crippen LogP contribution < -0.4 is 4.72 Å². The van der Waals surface area contributed by atoms with Gasteiger partial charge in [-0.15, -0.1) is 4.72 Å². The average molecular weight is 433 g/mol. The van der Waals surface area contributed by atoms with Gasteiger partial charge in [0.15, 0.2) is 6.04 Å². The first kappa shape index (κ1) is 22.4. The first-order valence-corrected chi connectivity index (χ1v) is 11.0. The molecule has 1 N–H and O–H groups in total. The summed E-state index contributed by atoms with van der Waals surface area (Å²) in [6.45, 7) is 9.28. The highest BCUT2D eigenvalue weighted by Crippen LogP contribution is 2.44. The minimum atomic E-state index is -4.68. The van der Waals surface area contributed by atoms with E-state index in [4.69, 9.17) is 0 Å². The molecule has 1 heterocycles. The molecule has 1 aromatic heterocycles. The van der Waals surface area contributed by atoms with Crippen LogP contribution in [0.4, 0.5) is 17.6 Å². The zero-order valence-electron chi connectivity index (χ0n) is 17.4. The van der Waals surface area contributed by atoms with Crippen LogP contribution in [0.25, 0.3) is 10.9 Å². The minimum Gasteiger partial charge on any atom is -0.598 e. The highest BCUT2D eigenvalue weighted by atomic mass is 32.2. The lowest BCUT2D eigenvalue weighted by Crippen LogP contribution is -2.45. The van der Waals surface area contributed by atoms with Crippen LogP contribution in [0.5, 0.6) is 0 Å². The van der Waals surface area contributed by atoms with Crippen LogP contribution in [0.2, 0.25) is 0 Å². The Labute approximate surface area is 172 Å². The van der Waals surface area contributed by atoms with E-state index in [-0.39, 0.29) is 22.8 Å². The highest BCUT2D eigenvalue weighted by molar-refractivity contribution is 7.90. The fourth-order valence-corrected chi connectivity index (χ4v) is 4.25. The van der Waals surface area contributed by atoms with Gasteiger partial charge in [-0.2, -0.15) is 13.2 Å². The van der Waals surface area contributed by atoms with Gasteiger partial charge in [0, 0.05) is 40.6 Å². The van der Waals surface area contributed by atoms with Crippen molar-refractivity contribution in [3.05, 3.63) is 35.3 Å². The van der Waals surface area contributed by atoms with Crippen LogP contribution in [0.15, 0.2) is 18.3 Å². The molecular formula is C21H28F4N2OS. The van der Waals surface area contributed by atoms with Gasteiger partial charge >= 0.3 is 6.18 Å². The second kappa shape index (κ2) is 7.78. The van der Waals surface area contributed by atoms with Crippen molar-refractivity contribution >= 4 is 22.3 Å². The van der Waals surface area contributed by atoms with Gasteiger partial charge in [0.25, 0.3) is 0 Å². The summed E-state index contributed by atoms with van der Waals surface area (Å²) in [5.41, 5.74) is 1.07. The zero-order valence-corrected chi connectivity index (χ0v) is 18.2. The normalized spacial score (nSPS) is 17.9. The summed E-state index contributed by atoms with van der Waals surface area (Å²) in [4.78, 5) is 0. The predicted octanol–water partition coefficient (Wildman–Crippen LogP) is 5.97. The van der Waals surface area contributed by atoms with E-state index in [0.29, 0.717) is 17.6 Å². The lowest BCUT2D eigenvalue weighted by molar-refractivity contribution is -0.152. The van der Waals surface area contributed by atoms with E-state index >= 15 is 0 Å². The molecule has 29 heavy (non-hydrogen) atoms. The molecule has 0 bridgehead atoms. The molecule has 1 aromatic carbocycles. The topological polar surface area (TPSA) is 40.0 Å². The van der Waals surface area contributed by atoms with Gasteiger partial charge < -0.3 is 9.12 Å². The second-order valence-electron chi connectivity index (χ2n) is 9.27. The van der Waals surface area contributed by atoms with Crippen molar-refractivity contribution in [2.75, 3.05) is 0 Å². The van der Waals surface area contributed by atoms with Crippen LogP contribution in [-0.2, 0) is 17.9 Å². The summed E-state index contributed by atoms with van der Waals surface area (Å²) in [7, 11) is 0. The van der Waals surface area contributed by atoms with E-state index < -0.39 is 34.1 Å². The summed E-state index contributed by atoms with van der Waals surface area (Å²) in [6, 6.07) is 0.766. The SMILES string of the molecule is CC(C)Cn1cc([C@H](N[S+]([O-])C(C)(C)C)C(F)(F)F)c2cc(F)c(C3CC3)cc21. The van der Waals surface area contributed by atoms with E-state index in [1.54, 1.807) is 31.4 Å². The average Bonchev–Trinajstić information content (AvgIpc) is 3.34. The van der Waals surface area contributed by atoms with E-state index in [2.05, 4.69) is 4.72 Å². The molecule has 162 valence electrons. The maximum Gasteiger partial charge on any atom is 0.412 e. The van der Waals surface area contributed by atoms with Crippen molar-refractivity contribution in [3.8, 4) is 0 Å². The standard InChI is InChI=1S/C21H28F4N2OS/c1-12(2)10-27-11-16(19(21(23,24)25)26-29(28)20(3,4)5)15-8-17(22)14(9-18(15)27)13-6-7-13/h8-9,11-13,19,26H,6-7,10H2,1-5H3/t19-,29?/m0/s1. The third kappa shape index (κ3) is 4.91. The molecule has 3 rings (SSSR count). The lowest BCUT2D eigenvalue weighted by Gasteiger charge is -2.29. The number of benzene rings is 1. The van der Waals surface area contributed by atoms with Gasteiger partial charge in [-0.05, 0) is 63.1 Å². The Bertz CT molecular complexity index is 881. The van der Waals surface area contributed by atoms with Crippen LogP contribution in [0.3, 0.4) is 0 Å². The predicted molar refractivity (Wildman–Crippen MR) is 109 cm³/mol. The quantitative estimate of drug-likeness (QED) is 0.451. The van der Waals surface area contributed by atoms with Gasteiger partial charge in [-0.1, -0.05) is 13.8 Å². The molecule has 1 fully saturated rings. The smallest absolute Gasteiger partial charge is 0.412 e. The highest BCUT2D eigenvalue weighted by Gasteiger charge is 2.47. The van der Waals surface area contributed by atoms with Crippen molar-refractivity contribution < 1.29 is 22.1 Å². The molecule has 8 heteroatoms. The molecule has 3 nitrogen and oxygen atoms in total. The van der Waals surface area contributed by atoms with Crippen molar-refractivity contribution in [1.82, 2.24) is 9.29 Å². The molecule has 0 radical (unpaired) electrons. The van der Waals surface area contributed by atoms with Crippen LogP contribution in [0, 0.1) is 11.7 Å². The Hall–Kier alpha value is -1.25. The van der Waals surface area contributed by atoms with E-state index in [1.165, 1.54) is 12.3 Å². The molecule has 0 saturated heterocycles. The molecular weight excluding hydrogens is 404 g/mol. The lowest BCUT2D eigenvalue weighted by atomic mass is 10.0. The number of nitrogens with zero attached hydrogens (tertiary/aromatic N) is 1. The zero-order chi connectivity index (χ0) is 21.7. The van der Waals surface area contributed by atoms with Crippen LogP contribution >= 0.6 is 0 Å². The van der Waals surface area contributed by atoms with Crippen LogP contribution in [0.1, 0.15) is 70.5 Å². The summed E-state index contributed by atoms with van der Waals surface area (Å²) in [6.07, 6.45) is -1.44. The van der Waals surface area contributed by atoms with Gasteiger partial charge in [-0.25, -0.2) is 4.39 Å². The summed E-state index contributed by atoms with van der Waals surface area (Å²) >= 11 is -1.94. The number of hydrogen-bond acceptors (Lipinski definition) is 2. The second-order valence-corrected chi connectivity index (χ2v) is 11.3. The molecule has 2 aromatic rings. The number of halogens is 4. The molecule has 0 aliphatic heterocycles. The molecule has 1 aliphatic rings. The Morgan fingerprint density at radius 1 is 1.21 bits per heavy atom. The Balaban J connectivity index is 2.15. The third-order valence-corrected chi connectivity index (χ3v) is 6.59. The van der Waals surface area contributed by atoms with Gasteiger partial charge in [0.05, 0.1) is 0 Å². The third-order valence-electron chi connectivity index (χ3n) is 5.03. The van der Waals surface area contributed by atoms with Crippen molar-refractivity contribution in [3.63, 3.8) is 0 Å². The van der Waals surface area contributed by atoms with Crippen LogP contribution in [-0.4, -0.2) is 20.0 Å². The van der Waals surface area contributed by atoms with Crippen molar-refractivity contribution in [2.24, 2.45) is 5.92 Å². The number of nitrogens with one attached hydrogen (secondary N) is 1. The largest absolute Gasteiger partial charge is 0.598 e. The van der Waals surface area contributed by atoms with E-state index in [9.17, 15) is 22.1 Å². The summed E-state index contributed by atoms with van der Waals surface area (Å²) < 4.78 is 72.2. The Kier molecular flexibility index (Phi) is 6.02. The molecule has 2 atom stereocenters. The molecule has 1 aliphatic carbocycles. The molecule has 0 spiro atoms. The van der Waals surface area contributed by atoms with E-state index in [0.717, 1.165) is 12.8 Å². The van der Waals surface area contributed by atoms with Gasteiger partial charge in [0.2, 0.25) is 0 Å². The van der Waals surface area contributed by atoms with Crippen molar-refractivity contribution in [1.29, 1.82) is 0 Å². The fraction of sp³-hybridized carbons (Fsp3) is 0.619. The Morgan fingerprint density at radius 3 is 2.31 bits per heavy atom. The number of hydrogen-bond donors (Lipinski definition) is 1. The Morgan fingerprint density at radius 2 is 1.83 bits per heavy atom. The number of alkyl halides is 3. The molecule has 0 amide bonds. The number of fused-ring (bicyclic) bond motifs is 1.